The van der Waals surface area contributed by atoms with Crippen molar-refractivity contribution in [1.82, 2.24) is 14.9 Å². The summed E-state index contributed by atoms with van der Waals surface area (Å²) in [4.78, 5) is 10.9. The van der Waals surface area contributed by atoms with Gasteiger partial charge in [0.05, 0.1) is 12.5 Å². The Bertz CT molecular complexity index is 689. The van der Waals surface area contributed by atoms with Gasteiger partial charge in [0.2, 0.25) is 0 Å². The first-order valence-electron chi connectivity index (χ1n) is 5.71. The van der Waals surface area contributed by atoms with Crippen molar-refractivity contribution in [3.63, 3.8) is 0 Å². The number of furan rings is 1. The molecule has 0 aromatic carbocycles. The fraction of sp³-hybridized carbons (Fsp3) is 0.273. The second kappa shape index (κ2) is 5.47. The van der Waals surface area contributed by atoms with Gasteiger partial charge >= 0.3 is 5.97 Å². The molecular weight excluding hydrogens is 286 g/mol. The van der Waals surface area contributed by atoms with E-state index in [2.05, 4.69) is 14.9 Å². The van der Waals surface area contributed by atoms with Crippen LogP contribution in [0.1, 0.15) is 23.0 Å². The zero-order valence-electron chi connectivity index (χ0n) is 10.5. The zero-order valence-corrected chi connectivity index (χ0v) is 11.3. The van der Waals surface area contributed by atoms with Crippen molar-refractivity contribution in [3.05, 3.63) is 35.9 Å². The topological polar surface area (TPSA) is 125 Å². The van der Waals surface area contributed by atoms with Crippen molar-refractivity contribution < 1.29 is 22.7 Å². The molecule has 0 saturated heterocycles. The molecular formula is C11H13N3O5S. The fourth-order valence-electron chi connectivity index (χ4n) is 1.73. The largest absolute Gasteiger partial charge is 0.478 e. The summed E-state index contributed by atoms with van der Waals surface area (Å²) in [7, 11) is -3.99. The summed E-state index contributed by atoms with van der Waals surface area (Å²) < 4.78 is 31.7. The van der Waals surface area contributed by atoms with Crippen molar-refractivity contribution >= 4 is 16.0 Å². The van der Waals surface area contributed by atoms with Gasteiger partial charge < -0.3 is 9.52 Å². The molecule has 2 aromatic heterocycles. The number of sulfonamides is 1. The summed E-state index contributed by atoms with van der Waals surface area (Å²) in [6.07, 6.45) is 2.80. The third kappa shape index (κ3) is 3.06. The predicted octanol–water partition coefficient (Wildman–Crippen LogP) is 0.610. The van der Waals surface area contributed by atoms with E-state index in [9.17, 15) is 13.2 Å². The van der Waals surface area contributed by atoms with E-state index >= 15 is 0 Å². The molecule has 0 radical (unpaired) electrons. The number of aromatic carboxylic acids is 1. The summed E-state index contributed by atoms with van der Waals surface area (Å²) in [6.45, 7) is 1.65. The highest BCUT2D eigenvalue weighted by atomic mass is 32.2. The molecule has 9 heteroatoms. The average Bonchev–Trinajstić information content (AvgIpc) is 2.97. The molecule has 0 amide bonds. The Balaban J connectivity index is 2.14. The first-order chi connectivity index (χ1) is 9.40. The number of carboxylic acid groups (broad SMARTS) is 1. The molecule has 2 heterocycles. The van der Waals surface area contributed by atoms with E-state index in [1.165, 1.54) is 6.26 Å². The van der Waals surface area contributed by atoms with Crippen molar-refractivity contribution in [2.24, 2.45) is 0 Å². The summed E-state index contributed by atoms with van der Waals surface area (Å²) in [6, 6.07) is 2.97. The number of carboxylic acids is 1. The highest BCUT2D eigenvalue weighted by Crippen LogP contribution is 2.13. The Labute approximate surface area is 114 Å². The van der Waals surface area contributed by atoms with Crippen LogP contribution in [0.15, 0.2) is 34.0 Å². The SMILES string of the molecule is CC(Cc1ccco1)NS(=O)(=O)c1[nH]ncc1C(=O)O. The summed E-state index contributed by atoms with van der Waals surface area (Å²) in [5.41, 5.74) is -0.400. The Morgan fingerprint density at radius 2 is 2.35 bits per heavy atom. The molecule has 1 unspecified atom stereocenters. The van der Waals surface area contributed by atoms with Crippen LogP contribution >= 0.6 is 0 Å². The maximum absolute atomic E-state index is 12.1. The standard InChI is InChI=1S/C11H13N3O5S/c1-7(5-8-3-2-4-19-8)14-20(17,18)10-9(11(15)16)6-12-13-10/h2-4,6-7,14H,5H2,1H3,(H,12,13)(H,15,16). The summed E-state index contributed by atoms with van der Waals surface area (Å²) in [5.74, 6) is -0.735. The zero-order chi connectivity index (χ0) is 14.8. The first kappa shape index (κ1) is 14.3. The lowest BCUT2D eigenvalue weighted by atomic mass is 10.2. The minimum atomic E-state index is -3.99. The highest BCUT2D eigenvalue weighted by Gasteiger charge is 2.26. The first-order valence-corrected chi connectivity index (χ1v) is 7.20. The van der Waals surface area contributed by atoms with Crippen LogP contribution in [0.2, 0.25) is 0 Å². The Morgan fingerprint density at radius 1 is 1.60 bits per heavy atom. The second-order valence-electron chi connectivity index (χ2n) is 4.22. The third-order valence-corrected chi connectivity index (χ3v) is 4.11. The number of H-pyrrole nitrogens is 1. The maximum Gasteiger partial charge on any atom is 0.340 e. The molecule has 0 aliphatic rings. The van der Waals surface area contributed by atoms with E-state index in [1.54, 1.807) is 19.1 Å². The van der Waals surface area contributed by atoms with Gasteiger partial charge in [-0.3, -0.25) is 5.10 Å². The van der Waals surface area contributed by atoms with Crippen LogP contribution in [0.3, 0.4) is 0 Å². The molecule has 20 heavy (non-hydrogen) atoms. The van der Waals surface area contributed by atoms with Crippen LogP contribution in [-0.4, -0.2) is 35.7 Å². The van der Waals surface area contributed by atoms with E-state index in [0.29, 0.717) is 12.2 Å². The quantitative estimate of drug-likeness (QED) is 0.717. The van der Waals surface area contributed by atoms with E-state index in [1.807, 2.05) is 0 Å². The predicted molar refractivity (Wildman–Crippen MR) is 67.7 cm³/mol. The van der Waals surface area contributed by atoms with Gasteiger partial charge in [0.15, 0.2) is 5.03 Å². The van der Waals surface area contributed by atoms with Gasteiger partial charge in [-0.2, -0.15) is 5.10 Å². The molecule has 2 rings (SSSR count). The number of carbonyl (C=O) groups is 1. The van der Waals surface area contributed by atoms with E-state index in [-0.39, 0.29) is 0 Å². The molecule has 0 fully saturated rings. The number of aromatic nitrogens is 2. The number of nitrogens with one attached hydrogen (secondary N) is 2. The Kier molecular flexibility index (Phi) is 3.91. The number of hydrogen-bond acceptors (Lipinski definition) is 5. The molecule has 0 saturated carbocycles. The summed E-state index contributed by atoms with van der Waals surface area (Å²) >= 11 is 0. The fourth-order valence-corrected chi connectivity index (χ4v) is 3.06. The average molecular weight is 299 g/mol. The normalized spacial score (nSPS) is 13.2. The van der Waals surface area contributed by atoms with Crippen molar-refractivity contribution in [2.45, 2.75) is 24.4 Å². The third-order valence-electron chi connectivity index (χ3n) is 2.55. The molecule has 0 bridgehead atoms. The Hall–Kier alpha value is -2.13. The molecule has 8 nitrogen and oxygen atoms in total. The number of hydrogen-bond donors (Lipinski definition) is 3. The Morgan fingerprint density at radius 3 is 2.95 bits per heavy atom. The van der Waals surface area contributed by atoms with Crippen LogP contribution < -0.4 is 4.72 Å². The lowest BCUT2D eigenvalue weighted by Gasteiger charge is -2.12. The van der Waals surface area contributed by atoms with Crippen molar-refractivity contribution in [2.75, 3.05) is 0 Å². The highest BCUT2D eigenvalue weighted by molar-refractivity contribution is 7.89. The second-order valence-corrected chi connectivity index (χ2v) is 5.87. The lowest BCUT2D eigenvalue weighted by molar-refractivity contribution is 0.0692. The minimum absolute atomic E-state index is 0.350. The lowest BCUT2D eigenvalue weighted by Crippen LogP contribution is -2.35. The minimum Gasteiger partial charge on any atom is -0.478 e. The van der Waals surface area contributed by atoms with Crippen molar-refractivity contribution in [1.29, 1.82) is 0 Å². The molecule has 0 spiro atoms. The van der Waals surface area contributed by atoms with Crippen molar-refractivity contribution in [3.8, 4) is 0 Å². The van der Waals surface area contributed by atoms with E-state index < -0.39 is 32.6 Å². The van der Waals surface area contributed by atoms with Gasteiger partial charge in [0, 0.05) is 12.5 Å². The molecule has 3 N–H and O–H groups in total. The van der Waals surface area contributed by atoms with Gasteiger partial charge in [-0.25, -0.2) is 17.9 Å². The van der Waals surface area contributed by atoms with E-state index in [0.717, 1.165) is 6.20 Å². The number of rotatable bonds is 6. The van der Waals surface area contributed by atoms with Gasteiger partial charge in [-0.05, 0) is 19.1 Å². The van der Waals surface area contributed by atoms with Gasteiger partial charge in [0.1, 0.15) is 11.3 Å². The van der Waals surface area contributed by atoms with Crippen LogP contribution in [0.25, 0.3) is 0 Å². The monoisotopic (exact) mass is 299 g/mol. The van der Waals surface area contributed by atoms with Crippen LogP contribution in [0.4, 0.5) is 0 Å². The van der Waals surface area contributed by atoms with Gasteiger partial charge in [-0.15, -0.1) is 0 Å². The molecule has 0 aliphatic heterocycles. The molecule has 1 atom stereocenters. The van der Waals surface area contributed by atoms with Gasteiger partial charge in [-0.1, -0.05) is 0 Å². The molecule has 0 aliphatic carbocycles. The van der Waals surface area contributed by atoms with Crippen LogP contribution in [0, 0.1) is 0 Å². The summed E-state index contributed by atoms with van der Waals surface area (Å²) in [5, 5.41) is 14.1. The van der Waals surface area contributed by atoms with Crippen LogP contribution in [0.5, 0.6) is 0 Å². The molecule has 108 valence electrons. The van der Waals surface area contributed by atoms with E-state index in [4.69, 9.17) is 9.52 Å². The molecule has 2 aromatic rings. The smallest absolute Gasteiger partial charge is 0.340 e. The number of nitrogens with zero attached hydrogens (tertiary/aromatic N) is 1. The number of aromatic amines is 1. The van der Waals surface area contributed by atoms with Crippen LogP contribution in [-0.2, 0) is 16.4 Å². The maximum atomic E-state index is 12.1. The van der Waals surface area contributed by atoms with Gasteiger partial charge in [0.25, 0.3) is 10.0 Å².